The standard InChI is InChI=1S/C8H13NS/c1-4-8(2,3)7-5-6-10-9-7/h5-6H,4H2,1-3H3. The molecule has 0 spiro atoms. The van der Waals surface area contributed by atoms with Gasteiger partial charge in [0, 0.05) is 10.8 Å². The van der Waals surface area contributed by atoms with E-state index < -0.39 is 0 Å². The molecule has 0 aromatic carbocycles. The first-order valence-electron chi connectivity index (χ1n) is 3.57. The molecule has 1 heterocycles. The molecule has 1 aromatic heterocycles. The third-order valence-electron chi connectivity index (χ3n) is 2.02. The lowest BCUT2D eigenvalue weighted by Crippen LogP contribution is -2.15. The smallest absolute Gasteiger partial charge is 0.0598 e. The maximum absolute atomic E-state index is 4.30. The van der Waals surface area contributed by atoms with Crippen LogP contribution in [-0.4, -0.2) is 4.37 Å². The van der Waals surface area contributed by atoms with Crippen molar-refractivity contribution >= 4 is 11.5 Å². The molecular formula is C8H13NS. The van der Waals surface area contributed by atoms with Crippen molar-refractivity contribution in [3.05, 3.63) is 17.1 Å². The first-order valence-corrected chi connectivity index (χ1v) is 4.41. The predicted molar refractivity (Wildman–Crippen MR) is 45.4 cm³/mol. The highest BCUT2D eigenvalue weighted by atomic mass is 32.1. The maximum atomic E-state index is 4.30. The average molecular weight is 155 g/mol. The van der Waals surface area contributed by atoms with Crippen LogP contribution < -0.4 is 0 Å². The second-order valence-corrected chi connectivity index (χ2v) is 3.79. The summed E-state index contributed by atoms with van der Waals surface area (Å²) in [5.74, 6) is 0. The van der Waals surface area contributed by atoms with Gasteiger partial charge >= 0.3 is 0 Å². The summed E-state index contributed by atoms with van der Waals surface area (Å²) in [7, 11) is 0. The van der Waals surface area contributed by atoms with Crippen LogP contribution in [0, 0.1) is 0 Å². The third kappa shape index (κ3) is 1.37. The molecule has 0 saturated carbocycles. The van der Waals surface area contributed by atoms with Crippen LogP contribution in [0.1, 0.15) is 32.9 Å². The predicted octanol–water partition coefficient (Wildman–Crippen LogP) is 2.83. The van der Waals surface area contributed by atoms with E-state index in [-0.39, 0.29) is 5.41 Å². The minimum absolute atomic E-state index is 0.264. The first kappa shape index (κ1) is 7.73. The van der Waals surface area contributed by atoms with Crippen LogP contribution in [0.2, 0.25) is 0 Å². The molecule has 0 aliphatic heterocycles. The molecule has 10 heavy (non-hydrogen) atoms. The number of hydrogen-bond acceptors (Lipinski definition) is 2. The van der Waals surface area contributed by atoms with Crippen LogP contribution in [0.4, 0.5) is 0 Å². The van der Waals surface area contributed by atoms with Gasteiger partial charge < -0.3 is 0 Å². The number of rotatable bonds is 2. The Morgan fingerprint density at radius 2 is 2.30 bits per heavy atom. The van der Waals surface area contributed by atoms with Crippen molar-refractivity contribution < 1.29 is 0 Å². The molecule has 56 valence electrons. The van der Waals surface area contributed by atoms with Crippen LogP contribution >= 0.6 is 11.5 Å². The van der Waals surface area contributed by atoms with Gasteiger partial charge in [-0.3, -0.25) is 0 Å². The lowest BCUT2D eigenvalue weighted by atomic mass is 9.87. The van der Waals surface area contributed by atoms with E-state index in [0.717, 1.165) is 6.42 Å². The van der Waals surface area contributed by atoms with Crippen molar-refractivity contribution in [1.29, 1.82) is 0 Å². The molecule has 0 amide bonds. The topological polar surface area (TPSA) is 12.9 Å². The molecule has 0 aliphatic carbocycles. The lowest BCUT2D eigenvalue weighted by Gasteiger charge is -2.18. The minimum atomic E-state index is 0.264. The van der Waals surface area contributed by atoms with E-state index in [0.29, 0.717) is 0 Å². The van der Waals surface area contributed by atoms with Gasteiger partial charge in [-0.2, -0.15) is 4.37 Å². The quantitative estimate of drug-likeness (QED) is 0.640. The average Bonchev–Trinajstić information content (AvgIpc) is 2.38. The van der Waals surface area contributed by atoms with Gasteiger partial charge in [0.25, 0.3) is 0 Å². The number of hydrogen-bond donors (Lipinski definition) is 0. The second-order valence-electron chi connectivity index (χ2n) is 3.12. The molecule has 1 nitrogen and oxygen atoms in total. The van der Waals surface area contributed by atoms with Crippen LogP contribution in [0.3, 0.4) is 0 Å². The molecule has 1 aromatic rings. The zero-order valence-corrected chi connectivity index (χ0v) is 7.53. The Morgan fingerprint density at radius 3 is 2.70 bits per heavy atom. The Balaban J connectivity index is 2.85. The van der Waals surface area contributed by atoms with Gasteiger partial charge in [-0.15, -0.1) is 0 Å². The Morgan fingerprint density at radius 1 is 1.60 bits per heavy atom. The van der Waals surface area contributed by atoms with Crippen LogP contribution in [0.5, 0.6) is 0 Å². The van der Waals surface area contributed by atoms with Crippen molar-refractivity contribution in [2.45, 2.75) is 32.6 Å². The van der Waals surface area contributed by atoms with Crippen molar-refractivity contribution in [1.82, 2.24) is 4.37 Å². The molecule has 0 fully saturated rings. The highest BCUT2D eigenvalue weighted by Gasteiger charge is 2.19. The summed E-state index contributed by atoms with van der Waals surface area (Å²) >= 11 is 1.53. The molecule has 0 N–H and O–H groups in total. The van der Waals surface area contributed by atoms with Crippen LogP contribution in [0.25, 0.3) is 0 Å². The fourth-order valence-electron chi connectivity index (χ4n) is 0.743. The Hall–Kier alpha value is -0.370. The fraction of sp³-hybridized carbons (Fsp3) is 0.625. The zero-order chi connectivity index (χ0) is 7.61. The highest BCUT2D eigenvalue weighted by molar-refractivity contribution is 7.03. The van der Waals surface area contributed by atoms with Crippen LogP contribution in [-0.2, 0) is 5.41 Å². The first-order chi connectivity index (χ1) is 4.67. The third-order valence-corrected chi connectivity index (χ3v) is 2.58. The molecule has 0 radical (unpaired) electrons. The van der Waals surface area contributed by atoms with Gasteiger partial charge in [-0.1, -0.05) is 20.8 Å². The monoisotopic (exact) mass is 155 g/mol. The second kappa shape index (κ2) is 2.70. The maximum Gasteiger partial charge on any atom is 0.0598 e. The summed E-state index contributed by atoms with van der Waals surface area (Å²) < 4.78 is 4.30. The van der Waals surface area contributed by atoms with Gasteiger partial charge in [0.05, 0.1) is 5.69 Å². The van der Waals surface area contributed by atoms with E-state index in [9.17, 15) is 0 Å². The van der Waals surface area contributed by atoms with E-state index in [1.165, 1.54) is 17.2 Å². The molecule has 0 saturated heterocycles. The van der Waals surface area contributed by atoms with E-state index in [1.54, 1.807) is 0 Å². The summed E-state index contributed by atoms with van der Waals surface area (Å²) in [6.07, 6.45) is 1.15. The van der Waals surface area contributed by atoms with Gasteiger partial charge in [-0.25, -0.2) is 0 Å². The van der Waals surface area contributed by atoms with Gasteiger partial charge in [0.1, 0.15) is 0 Å². The fourth-order valence-corrected chi connectivity index (χ4v) is 1.41. The lowest BCUT2D eigenvalue weighted by molar-refractivity contribution is 0.495. The van der Waals surface area contributed by atoms with E-state index >= 15 is 0 Å². The highest BCUT2D eigenvalue weighted by Crippen LogP contribution is 2.25. The molecular weight excluding hydrogens is 142 g/mol. The van der Waals surface area contributed by atoms with Crippen molar-refractivity contribution in [3.8, 4) is 0 Å². The van der Waals surface area contributed by atoms with Crippen molar-refractivity contribution in [3.63, 3.8) is 0 Å². The molecule has 0 bridgehead atoms. The SMILES string of the molecule is CCC(C)(C)c1ccsn1. The molecule has 1 rings (SSSR count). The molecule has 0 aliphatic rings. The van der Waals surface area contributed by atoms with Crippen molar-refractivity contribution in [2.75, 3.05) is 0 Å². The Labute approximate surface area is 66.3 Å². The largest absolute Gasteiger partial charge is 0.197 e. The number of aromatic nitrogens is 1. The zero-order valence-electron chi connectivity index (χ0n) is 6.72. The van der Waals surface area contributed by atoms with Gasteiger partial charge in [0.2, 0.25) is 0 Å². The summed E-state index contributed by atoms with van der Waals surface area (Å²) in [6, 6.07) is 2.11. The molecule has 2 heteroatoms. The number of nitrogens with zero attached hydrogens (tertiary/aromatic N) is 1. The minimum Gasteiger partial charge on any atom is -0.197 e. The van der Waals surface area contributed by atoms with Gasteiger partial charge in [0.15, 0.2) is 0 Å². The Bertz CT molecular complexity index is 189. The van der Waals surface area contributed by atoms with Crippen molar-refractivity contribution in [2.24, 2.45) is 0 Å². The van der Waals surface area contributed by atoms with E-state index in [4.69, 9.17) is 0 Å². The van der Waals surface area contributed by atoms with Gasteiger partial charge in [-0.05, 0) is 24.0 Å². The summed E-state index contributed by atoms with van der Waals surface area (Å²) in [6.45, 7) is 6.64. The molecule has 0 atom stereocenters. The normalized spacial score (nSPS) is 11.9. The Kier molecular flexibility index (Phi) is 2.09. The summed E-state index contributed by atoms with van der Waals surface area (Å²) in [4.78, 5) is 0. The van der Waals surface area contributed by atoms with E-state index in [2.05, 4.69) is 31.2 Å². The summed E-state index contributed by atoms with van der Waals surface area (Å²) in [5.41, 5.74) is 1.49. The van der Waals surface area contributed by atoms with E-state index in [1.807, 2.05) is 5.38 Å². The summed E-state index contributed by atoms with van der Waals surface area (Å²) in [5, 5.41) is 2.03. The molecule has 0 unspecified atom stereocenters. The van der Waals surface area contributed by atoms with Crippen LogP contribution in [0.15, 0.2) is 11.4 Å².